The lowest BCUT2D eigenvalue weighted by Crippen LogP contribution is -2.40. The SMILES string of the molecule is NC1NNCC1Sc1ccccn1. The van der Waals surface area contributed by atoms with Crippen molar-refractivity contribution < 1.29 is 0 Å². The monoisotopic (exact) mass is 196 g/mol. The van der Waals surface area contributed by atoms with E-state index >= 15 is 0 Å². The molecule has 1 fully saturated rings. The summed E-state index contributed by atoms with van der Waals surface area (Å²) >= 11 is 1.70. The van der Waals surface area contributed by atoms with E-state index in [9.17, 15) is 0 Å². The highest BCUT2D eigenvalue weighted by atomic mass is 32.2. The van der Waals surface area contributed by atoms with Crippen LogP contribution in [0.3, 0.4) is 0 Å². The van der Waals surface area contributed by atoms with E-state index in [2.05, 4.69) is 15.8 Å². The summed E-state index contributed by atoms with van der Waals surface area (Å²) in [7, 11) is 0. The summed E-state index contributed by atoms with van der Waals surface area (Å²) in [6, 6.07) is 5.89. The summed E-state index contributed by atoms with van der Waals surface area (Å²) < 4.78 is 0. The summed E-state index contributed by atoms with van der Waals surface area (Å²) in [6.07, 6.45) is 1.80. The first kappa shape index (κ1) is 8.96. The average molecular weight is 196 g/mol. The van der Waals surface area contributed by atoms with E-state index < -0.39 is 0 Å². The lowest BCUT2D eigenvalue weighted by Gasteiger charge is -2.11. The second kappa shape index (κ2) is 4.06. The van der Waals surface area contributed by atoms with Gasteiger partial charge in [-0.15, -0.1) is 0 Å². The number of nitrogens with zero attached hydrogens (tertiary/aromatic N) is 1. The van der Waals surface area contributed by atoms with Gasteiger partial charge in [0, 0.05) is 12.7 Å². The molecule has 2 unspecified atom stereocenters. The topological polar surface area (TPSA) is 63.0 Å². The van der Waals surface area contributed by atoms with Gasteiger partial charge in [0.05, 0.1) is 16.4 Å². The molecular weight excluding hydrogens is 184 g/mol. The Hall–Kier alpha value is -0.620. The Balaban J connectivity index is 1.98. The van der Waals surface area contributed by atoms with Gasteiger partial charge >= 0.3 is 0 Å². The molecule has 1 aromatic heterocycles. The van der Waals surface area contributed by atoms with Gasteiger partial charge in [-0.2, -0.15) is 0 Å². The Morgan fingerprint density at radius 3 is 3.08 bits per heavy atom. The number of hydrazine groups is 1. The first-order valence-corrected chi connectivity index (χ1v) is 5.06. The van der Waals surface area contributed by atoms with Crippen molar-refractivity contribution in [3.63, 3.8) is 0 Å². The van der Waals surface area contributed by atoms with Crippen molar-refractivity contribution in [1.29, 1.82) is 0 Å². The molecule has 4 N–H and O–H groups in total. The molecule has 2 atom stereocenters. The Morgan fingerprint density at radius 2 is 2.46 bits per heavy atom. The quantitative estimate of drug-likeness (QED) is 0.618. The van der Waals surface area contributed by atoms with Crippen molar-refractivity contribution in [1.82, 2.24) is 15.8 Å². The third kappa shape index (κ3) is 2.19. The number of pyridine rings is 1. The predicted molar refractivity (Wildman–Crippen MR) is 53.0 cm³/mol. The molecule has 0 aliphatic carbocycles. The second-order valence-electron chi connectivity index (χ2n) is 2.88. The first-order chi connectivity index (χ1) is 6.36. The zero-order valence-electron chi connectivity index (χ0n) is 7.10. The minimum atomic E-state index is 0.00649. The molecule has 13 heavy (non-hydrogen) atoms. The molecular formula is C8H12N4S. The van der Waals surface area contributed by atoms with Crippen LogP contribution in [0.4, 0.5) is 0 Å². The molecule has 0 aromatic carbocycles. The third-order valence-corrected chi connectivity index (χ3v) is 3.13. The Bertz CT molecular complexity index is 266. The van der Waals surface area contributed by atoms with Crippen LogP contribution in [-0.2, 0) is 0 Å². The van der Waals surface area contributed by atoms with Crippen LogP contribution in [0.5, 0.6) is 0 Å². The lowest BCUT2D eigenvalue weighted by atomic mass is 10.4. The largest absolute Gasteiger partial charge is 0.314 e. The molecule has 0 bridgehead atoms. The lowest BCUT2D eigenvalue weighted by molar-refractivity contribution is 0.576. The number of nitrogens with two attached hydrogens (primary N) is 1. The minimum absolute atomic E-state index is 0.00649. The minimum Gasteiger partial charge on any atom is -0.314 e. The molecule has 0 spiro atoms. The molecule has 1 aliphatic heterocycles. The van der Waals surface area contributed by atoms with Gasteiger partial charge in [-0.25, -0.2) is 10.4 Å². The van der Waals surface area contributed by atoms with Crippen LogP contribution in [0.25, 0.3) is 0 Å². The van der Waals surface area contributed by atoms with E-state index in [1.165, 1.54) is 0 Å². The van der Waals surface area contributed by atoms with Crippen LogP contribution < -0.4 is 16.6 Å². The van der Waals surface area contributed by atoms with E-state index in [0.717, 1.165) is 11.6 Å². The molecule has 4 nitrogen and oxygen atoms in total. The molecule has 1 aliphatic rings. The average Bonchev–Trinajstić information content (AvgIpc) is 2.54. The van der Waals surface area contributed by atoms with Gasteiger partial charge in [0.1, 0.15) is 0 Å². The summed E-state index contributed by atoms with van der Waals surface area (Å²) in [6.45, 7) is 0.877. The molecule has 0 saturated carbocycles. The molecule has 2 rings (SSSR count). The van der Waals surface area contributed by atoms with Crippen LogP contribution in [0.15, 0.2) is 29.4 Å². The van der Waals surface area contributed by atoms with Gasteiger partial charge in [0.15, 0.2) is 0 Å². The van der Waals surface area contributed by atoms with Crippen molar-refractivity contribution in [3.8, 4) is 0 Å². The molecule has 1 aromatic rings. The van der Waals surface area contributed by atoms with Gasteiger partial charge in [-0.1, -0.05) is 17.8 Å². The van der Waals surface area contributed by atoms with Crippen molar-refractivity contribution in [2.75, 3.05) is 6.54 Å². The fourth-order valence-electron chi connectivity index (χ4n) is 1.18. The smallest absolute Gasteiger partial charge is 0.0964 e. The Kier molecular flexibility index (Phi) is 2.80. The second-order valence-corrected chi connectivity index (χ2v) is 4.13. The molecule has 0 radical (unpaired) electrons. The van der Waals surface area contributed by atoms with E-state index in [1.807, 2.05) is 18.2 Å². The number of rotatable bonds is 2. The van der Waals surface area contributed by atoms with Crippen LogP contribution in [-0.4, -0.2) is 22.9 Å². The number of hydrogen-bond donors (Lipinski definition) is 3. The van der Waals surface area contributed by atoms with E-state index in [1.54, 1.807) is 18.0 Å². The highest BCUT2D eigenvalue weighted by molar-refractivity contribution is 8.00. The van der Waals surface area contributed by atoms with Gasteiger partial charge in [0.2, 0.25) is 0 Å². The summed E-state index contributed by atoms with van der Waals surface area (Å²) in [5, 5.41) is 1.38. The highest BCUT2D eigenvalue weighted by Crippen LogP contribution is 2.22. The van der Waals surface area contributed by atoms with E-state index in [0.29, 0.717) is 5.25 Å². The summed E-state index contributed by atoms with van der Waals surface area (Å²) in [5.41, 5.74) is 11.8. The third-order valence-electron chi connectivity index (χ3n) is 1.88. The maximum absolute atomic E-state index is 5.80. The summed E-state index contributed by atoms with van der Waals surface area (Å²) in [5.74, 6) is 0. The Morgan fingerprint density at radius 1 is 1.54 bits per heavy atom. The van der Waals surface area contributed by atoms with Crippen LogP contribution in [0.1, 0.15) is 0 Å². The molecule has 5 heteroatoms. The number of thioether (sulfide) groups is 1. The van der Waals surface area contributed by atoms with Crippen LogP contribution in [0, 0.1) is 0 Å². The summed E-state index contributed by atoms with van der Waals surface area (Å²) in [4.78, 5) is 4.23. The maximum Gasteiger partial charge on any atom is 0.0964 e. The zero-order chi connectivity index (χ0) is 9.10. The first-order valence-electron chi connectivity index (χ1n) is 4.18. The van der Waals surface area contributed by atoms with Gasteiger partial charge < -0.3 is 5.73 Å². The van der Waals surface area contributed by atoms with Gasteiger partial charge in [0.25, 0.3) is 0 Å². The number of nitrogens with one attached hydrogen (secondary N) is 2. The fraction of sp³-hybridized carbons (Fsp3) is 0.375. The van der Waals surface area contributed by atoms with Crippen molar-refractivity contribution >= 4 is 11.8 Å². The van der Waals surface area contributed by atoms with Crippen LogP contribution in [0.2, 0.25) is 0 Å². The van der Waals surface area contributed by atoms with E-state index in [-0.39, 0.29) is 6.17 Å². The normalized spacial score (nSPS) is 27.8. The Labute approximate surface area is 81.3 Å². The zero-order valence-corrected chi connectivity index (χ0v) is 7.92. The van der Waals surface area contributed by atoms with Crippen molar-refractivity contribution in [3.05, 3.63) is 24.4 Å². The molecule has 2 heterocycles. The van der Waals surface area contributed by atoms with Crippen LogP contribution >= 0.6 is 11.8 Å². The highest BCUT2D eigenvalue weighted by Gasteiger charge is 2.24. The predicted octanol–water partition coefficient (Wildman–Crippen LogP) is -0.0651. The number of aromatic nitrogens is 1. The standard InChI is InChI=1S/C8H12N4S/c9-8-6(5-11-12-8)13-7-3-1-2-4-10-7/h1-4,6,8,11-12H,5,9H2. The van der Waals surface area contributed by atoms with Crippen molar-refractivity contribution in [2.24, 2.45) is 5.73 Å². The fourth-order valence-corrected chi connectivity index (χ4v) is 2.15. The number of hydrogen-bond acceptors (Lipinski definition) is 5. The maximum atomic E-state index is 5.80. The molecule has 0 amide bonds. The van der Waals surface area contributed by atoms with Gasteiger partial charge in [-0.3, -0.25) is 5.43 Å². The molecule has 1 saturated heterocycles. The van der Waals surface area contributed by atoms with Gasteiger partial charge in [-0.05, 0) is 12.1 Å². The van der Waals surface area contributed by atoms with E-state index in [4.69, 9.17) is 5.73 Å². The molecule has 70 valence electrons. The van der Waals surface area contributed by atoms with Crippen molar-refractivity contribution in [2.45, 2.75) is 16.4 Å².